The van der Waals surface area contributed by atoms with Crippen molar-refractivity contribution in [2.24, 2.45) is 0 Å². The molecule has 0 aliphatic carbocycles. The molecule has 3 N–H and O–H groups in total. The van der Waals surface area contributed by atoms with E-state index in [-0.39, 0.29) is 29.3 Å². The molecule has 7 nitrogen and oxygen atoms in total. The van der Waals surface area contributed by atoms with E-state index in [1.165, 1.54) is 19.1 Å². The fraction of sp³-hybridized carbons (Fsp3) is 0.333. The number of benzene rings is 1. The fourth-order valence-electron chi connectivity index (χ4n) is 1.44. The summed E-state index contributed by atoms with van der Waals surface area (Å²) in [5, 5.41) is 13.8. The number of hydrogen-bond donors (Lipinski definition) is 3. The number of nitrogens with one attached hydrogen (secondary N) is 2. The summed E-state index contributed by atoms with van der Waals surface area (Å²) in [4.78, 5) is 22.7. The van der Waals surface area contributed by atoms with Crippen molar-refractivity contribution in [2.75, 3.05) is 23.4 Å². The first kappa shape index (κ1) is 17.4. The Kier molecular flexibility index (Phi) is 6.16. The van der Waals surface area contributed by atoms with E-state index >= 15 is 0 Å². The summed E-state index contributed by atoms with van der Waals surface area (Å²) in [6.45, 7) is 1.48. The zero-order valence-electron chi connectivity index (χ0n) is 11.2. The SMILES string of the molecule is CCS(=O)(=O)CCNC(=O)Nc1cc(Br)ccc1C(=O)O. The van der Waals surface area contributed by atoms with Gasteiger partial charge in [0.25, 0.3) is 0 Å². The van der Waals surface area contributed by atoms with E-state index in [1.54, 1.807) is 6.07 Å². The third-order valence-electron chi connectivity index (χ3n) is 2.60. The monoisotopic (exact) mass is 378 g/mol. The Morgan fingerprint density at radius 3 is 2.57 bits per heavy atom. The van der Waals surface area contributed by atoms with E-state index < -0.39 is 21.8 Å². The van der Waals surface area contributed by atoms with Crippen LogP contribution in [-0.4, -0.2) is 43.6 Å². The van der Waals surface area contributed by atoms with Crippen LogP contribution < -0.4 is 10.6 Å². The van der Waals surface area contributed by atoms with Crippen LogP contribution in [0.25, 0.3) is 0 Å². The van der Waals surface area contributed by atoms with Crippen LogP contribution >= 0.6 is 15.9 Å². The van der Waals surface area contributed by atoms with Gasteiger partial charge in [0.05, 0.1) is 17.0 Å². The first-order chi connectivity index (χ1) is 9.75. The largest absolute Gasteiger partial charge is 0.478 e. The number of rotatable bonds is 6. The van der Waals surface area contributed by atoms with E-state index in [0.29, 0.717) is 4.47 Å². The highest BCUT2D eigenvalue weighted by Crippen LogP contribution is 2.21. The van der Waals surface area contributed by atoms with Crippen LogP contribution in [0.3, 0.4) is 0 Å². The zero-order valence-corrected chi connectivity index (χ0v) is 13.6. The maximum Gasteiger partial charge on any atom is 0.337 e. The third kappa shape index (κ3) is 5.72. The van der Waals surface area contributed by atoms with Crippen molar-refractivity contribution in [3.05, 3.63) is 28.2 Å². The number of hydrogen-bond acceptors (Lipinski definition) is 4. The van der Waals surface area contributed by atoms with Crippen molar-refractivity contribution in [1.82, 2.24) is 5.32 Å². The lowest BCUT2D eigenvalue weighted by molar-refractivity contribution is 0.0698. The molecular formula is C12H15BrN2O5S. The Balaban J connectivity index is 2.67. The van der Waals surface area contributed by atoms with Crippen LogP contribution in [0.1, 0.15) is 17.3 Å². The van der Waals surface area contributed by atoms with Gasteiger partial charge in [-0.25, -0.2) is 18.0 Å². The molecule has 0 bridgehead atoms. The minimum atomic E-state index is -3.16. The van der Waals surface area contributed by atoms with Gasteiger partial charge >= 0.3 is 12.0 Å². The number of carbonyl (C=O) groups excluding carboxylic acids is 1. The smallest absolute Gasteiger partial charge is 0.337 e. The van der Waals surface area contributed by atoms with E-state index in [4.69, 9.17) is 5.11 Å². The Labute approximate surface area is 130 Å². The van der Waals surface area contributed by atoms with Gasteiger partial charge in [0, 0.05) is 16.8 Å². The number of sulfone groups is 1. The lowest BCUT2D eigenvalue weighted by Gasteiger charge is -2.10. The van der Waals surface area contributed by atoms with Crippen LogP contribution in [0.4, 0.5) is 10.5 Å². The predicted octanol–water partition coefficient (Wildman–Crippen LogP) is 1.70. The number of halogens is 1. The van der Waals surface area contributed by atoms with Gasteiger partial charge in [-0.15, -0.1) is 0 Å². The van der Waals surface area contributed by atoms with Gasteiger partial charge in [-0.1, -0.05) is 22.9 Å². The number of carboxylic acid groups (broad SMARTS) is 1. The molecule has 0 radical (unpaired) electrons. The second-order valence-corrected chi connectivity index (χ2v) is 7.50. The number of carbonyl (C=O) groups is 2. The zero-order chi connectivity index (χ0) is 16.0. The summed E-state index contributed by atoms with van der Waals surface area (Å²) in [5.41, 5.74) is 0.0576. The number of amides is 2. The van der Waals surface area contributed by atoms with Crippen LogP contribution in [0.5, 0.6) is 0 Å². The lowest BCUT2D eigenvalue weighted by atomic mass is 10.2. The van der Waals surface area contributed by atoms with E-state index in [0.717, 1.165) is 0 Å². The summed E-state index contributed by atoms with van der Waals surface area (Å²) in [5.74, 6) is -1.34. The number of anilines is 1. The molecule has 0 unspecified atom stereocenters. The van der Waals surface area contributed by atoms with Crippen LogP contribution in [0.2, 0.25) is 0 Å². The van der Waals surface area contributed by atoms with Crippen molar-refractivity contribution in [2.45, 2.75) is 6.92 Å². The molecule has 0 saturated carbocycles. The standard InChI is InChI=1S/C12H15BrN2O5S/c1-2-21(19,20)6-5-14-12(18)15-10-7-8(13)3-4-9(10)11(16)17/h3-4,7H,2,5-6H2,1H3,(H,16,17)(H2,14,15,18). The van der Waals surface area contributed by atoms with E-state index in [2.05, 4.69) is 26.6 Å². The van der Waals surface area contributed by atoms with Crippen LogP contribution in [-0.2, 0) is 9.84 Å². The minimum absolute atomic E-state index is 0.00505. The number of urea groups is 1. The molecule has 0 heterocycles. The van der Waals surface area contributed by atoms with Gasteiger partial charge in [-0.3, -0.25) is 0 Å². The molecule has 0 atom stereocenters. The Bertz CT molecular complexity index is 645. The molecule has 1 rings (SSSR count). The second kappa shape index (κ2) is 7.41. The average molecular weight is 379 g/mol. The topological polar surface area (TPSA) is 113 Å². The number of aromatic carboxylic acids is 1. The first-order valence-electron chi connectivity index (χ1n) is 6.03. The molecule has 0 aliphatic heterocycles. The van der Waals surface area contributed by atoms with Crippen molar-refractivity contribution in [3.8, 4) is 0 Å². The number of carboxylic acids is 1. The van der Waals surface area contributed by atoms with Gasteiger partial charge in [0.2, 0.25) is 0 Å². The third-order valence-corrected chi connectivity index (χ3v) is 4.80. The van der Waals surface area contributed by atoms with Crippen molar-refractivity contribution < 1.29 is 23.1 Å². The molecule has 0 aliphatic rings. The van der Waals surface area contributed by atoms with Gasteiger partial charge in [0.1, 0.15) is 0 Å². The summed E-state index contributed by atoms with van der Waals surface area (Å²) in [6.07, 6.45) is 0. The summed E-state index contributed by atoms with van der Waals surface area (Å²) in [6, 6.07) is 3.68. The molecule has 0 fully saturated rings. The highest BCUT2D eigenvalue weighted by Gasteiger charge is 2.13. The minimum Gasteiger partial charge on any atom is -0.478 e. The Morgan fingerprint density at radius 2 is 2.00 bits per heavy atom. The molecule has 2 amide bonds. The average Bonchev–Trinajstić information content (AvgIpc) is 2.38. The maximum absolute atomic E-state index is 11.6. The molecule has 116 valence electrons. The van der Waals surface area contributed by atoms with Gasteiger partial charge in [0.15, 0.2) is 9.84 Å². The van der Waals surface area contributed by atoms with Gasteiger partial charge in [-0.2, -0.15) is 0 Å². The predicted molar refractivity (Wildman–Crippen MR) is 82.5 cm³/mol. The van der Waals surface area contributed by atoms with Crippen LogP contribution in [0.15, 0.2) is 22.7 Å². The lowest BCUT2D eigenvalue weighted by Crippen LogP contribution is -2.33. The molecule has 21 heavy (non-hydrogen) atoms. The molecule has 0 aromatic heterocycles. The first-order valence-corrected chi connectivity index (χ1v) is 8.64. The summed E-state index contributed by atoms with van der Waals surface area (Å²) in [7, 11) is -3.16. The summed E-state index contributed by atoms with van der Waals surface area (Å²) < 4.78 is 23.2. The van der Waals surface area contributed by atoms with Crippen molar-refractivity contribution in [3.63, 3.8) is 0 Å². The van der Waals surface area contributed by atoms with E-state index in [9.17, 15) is 18.0 Å². The second-order valence-electron chi connectivity index (χ2n) is 4.11. The van der Waals surface area contributed by atoms with Crippen LogP contribution in [0, 0.1) is 0 Å². The molecule has 0 saturated heterocycles. The Morgan fingerprint density at radius 1 is 1.33 bits per heavy atom. The Hall–Kier alpha value is -1.61. The van der Waals surface area contributed by atoms with Crippen molar-refractivity contribution in [1.29, 1.82) is 0 Å². The normalized spacial score (nSPS) is 11.0. The van der Waals surface area contributed by atoms with Gasteiger partial charge < -0.3 is 15.7 Å². The quantitative estimate of drug-likeness (QED) is 0.697. The molecular weight excluding hydrogens is 364 g/mol. The molecule has 9 heteroatoms. The van der Waals surface area contributed by atoms with Crippen molar-refractivity contribution >= 4 is 43.5 Å². The highest BCUT2D eigenvalue weighted by atomic mass is 79.9. The highest BCUT2D eigenvalue weighted by molar-refractivity contribution is 9.10. The fourth-order valence-corrected chi connectivity index (χ4v) is 2.50. The van der Waals surface area contributed by atoms with Gasteiger partial charge in [-0.05, 0) is 18.2 Å². The van der Waals surface area contributed by atoms with E-state index in [1.807, 2.05) is 0 Å². The molecule has 0 spiro atoms. The summed E-state index contributed by atoms with van der Waals surface area (Å²) >= 11 is 3.18. The molecule has 1 aromatic rings. The molecule has 1 aromatic carbocycles. The maximum atomic E-state index is 11.6.